The molecule has 0 aromatic rings. The summed E-state index contributed by atoms with van der Waals surface area (Å²) in [5, 5.41) is 2.45. The summed E-state index contributed by atoms with van der Waals surface area (Å²) in [5.74, 6) is -1.79. The molecule has 0 aliphatic rings. The summed E-state index contributed by atoms with van der Waals surface area (Å²) < 4.78 is 15.4. The van der Waals surface area contributed by atoms with Crippen LogP contribution in [0.5, 0.6) is 0 Å². The maximum Gasteiger partial charge on any atom is 0.408 e. The number of esters is 2. The molecule has 0 unspecified atom stereocenters. The molecule has 0 rings (SSSR count). The summed E-state index contributed by atoms with van der Waals surface area (Å²) in [7, 11) is 0. The highest BCUT2D eigenvalue weighted by molar-refractivity contribution is 5.91. The molecule has 0 heterocycles. The van der Waals surface area contributed by atoms with E-state index in [2.05, 4.69) is 5.32 Å². The van der Waals surface area contributed by atoms with Crippen molar-refractivity contribution in [2.75, 3.05) is 19.7 Å². The standard InChI is InChI=1S/C21H38N2O7/c1-9-11-12-23(14-17(25)28-10-2)18(26)15(13-16(24)29-20(3,4)5)22-19(27)30-21(6,7)8/h15H,9-14H2,1-8H3,(H,22,27)/t15-/m0/s1. The molecule has 2 amide bonds. The van der Waals surface area contributed by atoms with Crippen molar-refractivity contribution in [2.24, 2.45) is 0 Å². The van der Waals surface area contributed by atoms with E-state index in [0.717, 1.165) is 6.42 Å². The van der Waals surface area contributed by atoms with Gasteiger partial charge in [0.05, 0.1) is 13.0 Å². The topological polar surface area (TPSA) is 111 Å². The molecule has 9 heteroatoms. The van der Waals surface area contributed by atoms with Crippen molar-refractivity contribution < 1.29 is 33.4 Å². The maximum absolute atomic E-state index is 13.1. The van der Waals surface area contributed by atoms with Crippen LogP contribution in [0.1, 0.15) is 74.7 Å². The quantitative estimate of drug-likeness (QED) is 0.419. The Bertz CT molecular complexity index is 561. The Kier molecular flexibility index (Phi) is 11.4. The number of ether oxygens (including phenoxy) is 3. The van der Waals surface area contributed by atoms with Gasteiger partial charge in [0.25, 0.3) is 0 Å². The van der Waals surface area contributed by atoms with Crippen molar-refractivity contribution in [1.82, 2.24) is 10.2 Å². The van der Waals surface area contributed by atoms with Crippen molar-refractivity contribution in [3.63, 3.8) is 0 Å². The summed E-state index contributed by atoms with van der Waals surface area (Å²) in [4.78, 5) is 50.9. The van der Waals surface area contributed by atoms with E-state index in [4.69, 9.17) is 14.2 Å². The fourth-order valence-corrected chi connectivity index (χ4v) is 2.40. The second kappa shape index (κ2) is 12.4. The lowest BCUT2D eigenvalue weighted by molar-refractivity contribution is -0.157. The minimum atomic E-state index is -1.24. The lowest BCUT2D eigenvalue weighted by Gasteiger charge is -2.28. The van der Waals surface area contributed by atoms with Gasteiger partial charge in [0, 0.05) is 6.54 Å². The minimum absolute atomic E-state index is 0.187. The van der Waals surface area contributed by atoms with Crippen LogP contribution in [-0.4, -0.2) is 65.8 Å². The normalized spacial score (nSPS) is 12.5. The number of carbonyl (C=O) groups is 4. The molecule has 0 fully saturated rings. The van der Waals surface area contributed by atoms with E-state index in [0.29, 0.717) is 6.42 Å². The summed E-state index contributed by atoms with van der Waals surface area (Å²) in [6.45, 7) is 14.0. The molecular weight excluding hydrogens is 392 g/mol. The number of hydrogen-bond acceptors (Lipinski definition) is 7. The molecule has 0 bridgehead atoms. The van der Waals surface area contributed by atoms with Crippen LogP contribution in [0.15, 0.2) is 0 Å². The maximum atomic E-state index is 13.1. The third kappa shape index (κ3) is 13.0. The van der Waals surface area contributed by atoms with Gasteiger partial charge in [-0.3, -0.25) is 14.4 Å². The van der Waals surface area contributed by atoms with Gasteiger partial charge in [-0.2, -0.15) is 0 Å². The van der Waals surface area contributed by atoms with E-state index in [-0.39, 0.29) is 26.1 Å². The zero-order valence-electron chi connectivity index (χ0n) is 19.6. The molecular formula is C21H38N2O7. The number of amides is 2. The monoisotopic (exact) mass is 430 g/mol. The van der Waals surface area contributed by atoms with Gasteiger partial charge in [-0.05, 0) is 54.9 Å². The van der Waals surface area contributed by atoms with Gasteiger partial charge in [-0.25, -0.2) is 4.79 Å². The molecule has 0 aliphatic heterocycles. The number of rotatable bonds is 10. The van der Waals surface area contributed by atoms with Crippen molar-refractivity contribution in [2.45, 2.75) is 91.9 Å². The highest BCUT2D eigenvalue weighted by Gasteiger charge is 2.32. The molecule has 0 saturated carbocycles. The molecule has 9 nitrogen and oxygen atoms in total. The van der Waals surface area contributed by atoms with Gasteiger partial charge in [0.2, 0.25) is 5.91 Å². The second-order valence-electron chi connectivity index (χ2n) is 8.91. The van der Waals surface area contributed by atoms with E-state index in [1.807, 2.05) is 6.92 Å². The first-order valence-corrected chi connectivity index (χ1v) is 10.3. The molecule has 0 aromatic heterocycles. The number of carbonyl (C=O) groups excluding carboxylic acids is 4. The third-order valence-corrected chi connectivity index (χ3v) is 3.50. The molecule has 0 saturated heterocycles. The van der Waals surface area contributed by atoms with E-state index in [9.17, 15) is 19.2 Å². The molecule has 0 radical (unpaired) electrons. The first kappa shape index (κ1) is 27.7. The van der Waals surface area contributed by atoms with E-state index >= 15 is 0 Å². The zero-order valence-corrected chi connectivity index (χ0v) is 19.6. The number of hydrogen-bond donors (Lipinski definition) is 1. The smallest absolute Gasteiger partial charge is 0.408 e. The van der Waals surface area contributed by atoms with Crippen molar-refractivity contribution in [3.8, 4) is 0 Å². The Morgan fingerprint density at radius 1 is 0.900 bits per heavy atom. The number of nitrogens with zero attached hydrogens (tertiary/aromatic N) is 1. The first-order chi connectivity index (χ1) is 13.7. The van der Waals surface area contributed by atoms with E-state index in [1.165, 1.54) is 4.90 Å². The van der Waals surface area contributed by atoms with Crippen molar-refractivity contribution in [3.05, 3.63) is 0 Å². The number of unbranched alkanes of at least 4 members (excludes halogenated alkanes) is 1. The van der Waals surface area contributed by atoms with E-state index in [1.54, 1.807) is 48.5 Å². The molecule has 0 aliphatic carbocycles. The SMILES string of the molecule is CCCCN(CC(=O)OCC)C(=O)[C@H](CC(=O)OC(C)(C)C)NC(=O)OC(C)(C)C. The number of alkyl carbamates (subject to hydrolysis) is 1. The van der Waals surface area contributed by atoms with Gasteiger partial charge >= 0.3 is 18.0 Å². The number of nitrogens with one attached hydrogen (secondary N) is 1. The fraction of sp³-hybridized carbons (Fsp3) is 0.810. The minimum Gasteiger partial charge on any atom is -0.465 e. The van der Waals surface area contributed by atoms with Crippen LogP contribution in [0.25, 0.3) is 0 Å². The summed E-state index contributed by atoms with van der Waals surface area (Å²) >= 11 is 0. The highest BCUT2D eigenvalue weighted by atomic mass is 16.6. The van der Waals surface area contributed by atoms with Crippen molar-refractivity contribution >= 4 is 23.9 Å². The zero-order chi connectivity index (χ0) is 23.5. The highest BCUT2D eigenvalue weighted by Crippen LogP contribution is 2.13. The van der Waals surface area contributed by atoms with Crippen LogP contribution in [0.3, 0.4) is 0 Å². The van der Waals surface area contributed by atoms with Crippen molar-refractivity contribution in [1.29, 1.82) is 0 Å². The lowest BCUT2D eigenvalue weighted by atomic mass is 10.1. The first-order valence-electron chi connectivity index (χ1n) is 10.3. The van der Waals surface area contributed by atoms with Crippen LogP contribution >= 0.6 is 0 Å². The van der Waals surface area contributed by atoms with Gasteiger partial charge in [0.15, 0.2) is 0 Å². The largest absolute Gasteiger partial charge is 0.465 e. The molecule has 30 heavy (non-hydrogen) atoms. The van der Waals surface area contributed by atoms with Gasteiger partial charge in [-0.1, -0.05) is 13.3 Å². The Labute approximate surface area is 179 Å². The predicted octanol–water partition coefficient (Wildman–Crippen LogP) is 2.80. The Hall–Kier alpha value is -2.32. The van der Waals surface area contributed by atoms with Crippen LogP contribution < -0.4 is 5.32 Å². The van der Waals surface area contributed by atoms with Gasteiger partial charge in [0.1, 0.15) is 23.8 Å². The van der Waals surface area contributed by atoms with Crippen LogP contribution in [-0.2, 0) is 28.6 Å². The van der Waals surface area contributed by atoms with Gasteiger partial charge < -0.3 is 24.4 Å². The summed E-state index contributed by atoms with van der Waals surface area (Å²) in [5.41, 5.74) is -1.53. The lowest BCUT2D eigenvalue weighted by Crippen LogP contribution is -2.52. The van der Waals surface area contributed by atoms with Crippen LogP contribution in [0.2, 0.25) is 0 Å². The predicted molar refractivity (Wildman–Crippen MR) is 112 cm³/mol. The average Bonchev–Trinajstić information content (AvgIpc) is 2.54. The Balaban J connectivity index is 5.55. The van der Waals surface area contributed by atoms with E-state index < -0.39 is 41.2 Å². The Morgan fingerprint density at radius 2 is 1.47 bits per heavy atom. The fourth-order valence-electron chi connectivity index (χ4n) is 2.40. The molecule has 1 N–H and O–H groups in total. The van der Waals surface area contributed by atoms with Crippen LogP contribution in [0, 0.1) is 0 Å². The molecule has 1 atom stereocenters. The van der Waals surface area contributed by atoms with Gasteiger partial charge in [-0.15, -0.1) is 0 Å². The second-order valence-corrected chi connectivity index (χ2v) is 8.91. The molecule has 0 spiro atoms. The molecule has 174 valence electrons. The summed E-state index contributed by atoms with van der Waals surface area (Å²) in [6, 6.07) is -1.24. The summed E-state index contributed by atoms with van der Waals surface area (Å²) in [6.07, 6.45) is 0.219. The third-order valence-electron chi connectivity index (χ3n) is 3.50. The molecule has 0 aromatic carbocycles. The van der Waals surface area contributed by atoms with Crippen LogP contribution in [0.4, 0.5) is 4.79 Å². The average molecular weight is 431 g/mol. The Morgan fingerprint density at radius 3 is 1.93 bits per heavy atom.